The number of hydrogen-bond acceptors (Lipinski definition) is 4. The van der Waals surface area contributed by atoms with Crippen molar-refractivity contribution < 1.29 is 4.79 Å². The molecule has 2 heterocycles. The minimum Gasteiger partial charge on any atom is -0.350 e. The van der Waals surface area contributed by atoms with Crippen molar-refractivity contribution in [3.8, 4) is 10.6 Å². The van der Waals surface area contributed by atoms with Crippen LogP contribution in [0.4, 0.5) is 0 Å². The van der Waals surface area contributed by atoms with Crippen molar-refractivity contribution in [2.75, 3.05) is 26.2 Å². The Morgan fingerprint density at radius 3 is 2.58 bits per heavy atom. The highest BCUT2D eigenvalue weighted by Crippen LogP contribution is 2.31. The molecule has 0 unspecified atom stereocenters. The Hall–Kier alpha value is -1.14. The highest BCUT2D eigenvalue weighted by Gasteiger charge is 2.17. The molecule has 3 rings (SSSR count). The number of benzene rings is 1. The number of nitrogens with one attached hydrogen (secondary N) is 1. The Morgan fingerprint density at radius 1 is 1.25 bits per heavy atom. The van der Waals surface area contributed by atoms with Crippen LogP contribution in [0.15, 0.2) is 18.2 Å². The number of nitrogens with zero attached hydrogens (tertiary/aromatic N) is 2. The number of rotatable bonds is 5. The molecule has 1 aromatic heterocycles. The molecule has 0 saturated carbocycles. The molecule has 0 spiro atoms. The van der Waals surface area contributed by atoms with Gasteiger partial charge in [0.15, 0.2) is 0 Å². The minimum atomic E-state index is -0.0661. The molecule has 0 bridgehead atoms. The van der Waals surface area contributed by atoms with E-state index in [0.717, 1.165) is 35.9 Å². The maximum Gasteiger partial charge on any atom is 0.263 e. The van der Waals surface area contributed by atoms with Crippen LogP contribution in [0, 0.1) is 6.92 Å². The monoisotopic (exact) mass is 383 g/mol. The number of aryl methyl sites for hydroxylation is 1. The topological polar surface area (TPSA) is 45.2 Å². The fourth-order valence-electron chi connectivity index (χ4n) is 2.82. The Labute approximate surface area is 155 Å². The molecule has 1 aliphatic heterocycles. The summed E-state index contributed by atoms with van der Waals surface area (Å²) in [5, 5.41) is 4.86. The lowest BCUT2D eigenvalue weighted by Crippen LogP contribution is -2.33. The molecule has 4 nitrogen and oxygen atoms in total. The molecule has 1 aliphatic rings. The van der Waals surface area contributed by atoms with Crippen molar-refractivity contribution >= 4 is 40.4 Å². The average Bonchev–Trinajstić information content (AvgIpc) is 3.15. The molecule has 2 aromatic rings. The highest BCUT2D eigenvalue weighted by atomic mass is 35.5. The molecule has 1 N–H and O–H groups in total. The zero-order valence-corrected chi connectivity index (χ0v) is 15.8. The Bertz CT molecular complexity index is 721. The summed E-state index contributed by atoms with van der Waals surface area (Å²) in [6, 6.07) is 5.29. The summed E-state index contributed by atoms with van der Waals surface area (Å²) in [7, 11) is 0. The third-order valence-electron chi connectivity index (χ3n) is 4.02. The number of thiazole rings is 1. The molecule has 1 saturated heterocycles. The highest BCUT2D eigenvalue weighted by molar-refractivity contribution is 7.17. The summed E-state index contributed by atoms with van der Waals surface area (Å²) in [5.41, 5.74) is 1.56. The van der Waals surface area contributed by atoms with Crippen molar-refractivity contribution in [2.45, 2.75) is 19.8 Å². The Morgan fingerprint density at radius 2 is 1.92 bits per heavy atom. The third kappa shape index (κ3) is 4.28. The first kappa shape index (κ1) is 17.7. The van der Waals surface area contributed by atoms with Crippen molar-refractivity contribution in [3.63, 3.8) is 0 Å². The van der Waals surface area contributed by atoms with E-state index in [9.17, 15) is 4.79 Å². The standard InChI is InChI=1S/C17H19Cl2N3OS/c1-11-15(16(23)20-4-7-22-5-2-3-6-22)24-17(21-11)12-8-13(18)10-14(19)9-12/h8-10H,2-7H2,1H3,(H,20,23). The van der Waals surface area contributed by atoms with E-state index >= 15 is 0 Å². The van der Waals surface area contributed by atoms with Crippen LogP contribution in [0.1, 0.15) is 28.2 Å². The van der Waals surface area contributed by atoms with Gasteiger partial charge in [0.2, 0.25) is 0 Å². The number of carbonyl (C=O) groups is 1. The third-order valence-corrected chi connectivity index (χ3v) is 5.67. The summed E-state index contributed by atoms with van der Waals surface area (Å²) >= 11 is 13.5. The van der Waals surface area contributed by atoms with Gasteiger partial charge in [-0.15, -0.1) is 11.3 Å². The van der Waals surface area contributed by atoms with Gasteiger partial charge < -0.3 is 10.2 Å². The van der Waals surface area contributed by atoms with Crippen LogP contribution in [0.3, 0.4) is 0 Å². The molecule has 0 atom stereocenters. The van der Waals surface area contributed by atoms with Gasteiger partial charge in [0, 0.05) is 28.7 Å². The van der Waals surface area contributed by atoms with Gasteiger partial charge in [0.05, 0.1) is 5.69 Å². The van der Waals surface area contributed by atoms with Gasteiger partial charge in [-0.3, -0.25) is 4.79 Å². The van der Waals surface area contributed by atoms with E-state index in [2.05, 4.69) is 15.2 Å². The fourth-order valence-corrected chi connectivity index (χ4v) is 4.32. The molecule has 1 aromatic carbocycles. The molecule has 1 fully saturated rings. The fraction of sp³-hybridized carbons (Fsp3) is 0.412. The van der Waals surface area contributed by atoms with Crippen LogP contribution in [-0.2, 0) is 0 Å². The number of hydrogen-bond donors (Lipinski definition) is 1. The molecule has 0 radical (unpaired) electrons. The smallest absolute Gasteiger partial charge is 0.263 e. The molecule has 24 heavy (non-hydrogen) atoms. The summed E-state index contributed by atoms with van der Waals surface area (Å²) in [6.07, 6.45) is 2.51. The Kier molecular flexibility index (Phi) is 5.76. The zero-order valence-electron chi connectivity index (χ0n) is 13.4. The van der Waals surface area contributed by atoms with Crippen LogP contribution in [-0.4, -0.2) is 42.0 Å². The van der Waals surface area contributed by atoms with Crippen LogP contribution in [0.5, 0.6) is 0 Å². The molecule has 128 valence electrons. The number of aromatic nitrogens is 1. The van der Waals surface area contributed by atoms with Crippen molar-refractivity contribution in [1.82, 2.24) is 15.2 Å². The van der Waals surface area contributed by atoms with E-state index in [0.29, 0.717) is 21.5 Å². The lowest BCUT2D eigenvalue weighted by molar-refractivity contribution is 0.0953. The number of amides is 1. The molecule has 1 amide bonds. The molecule has 7 heteroatoms. The summed E-state index contributed by atoms with van der Waals surface area (Å²) in [5.74, 6) is -0.0661. The van der Waals surface area contributed by atoms with E-state index in [1.165, 1.54) is 24.2 Å². The van der Waals surface area contributed by atoms with Crippen LogP contribution in [0.2, 0.25) is 10.0 Å². The Balaban J connectivity index is 1.67. The lowest BCUT2D eigenvalue weighted by Gasteiger charge is -2.14. The quantitative estimate of drug-likeness (QED) is 0.838. The van der Waals surface area contributed by atoms with Gasteiger partial charge in [-0.25, -0.2) is 4.98 Å². The van der Waals surface area contributed by atoms with Crippen LogP contribution >= 0.6 is 34.5 Å². The second-order valence-electron chi connectivity index (χ2n) is 5.90. The number of halogens is 2. The maximum atomic E-state index is 12.4. The van der Waals surface area contributed by atoms with E-state index in [-0.39, 0.29) is 5.91 Å². The van der Waals surface area contributed by atoms with Gasteiger partial charge in [-0.1, -0.05) is 23.2 Å². The average molecular weight is 384 g/mol. The van der Waals surface area contributed by atoms with Gasteiger partial charge in [0.25, 0.3) is 5.91 Å². The van der Waals surface area contributed by atoms with E-state index < -0.39 is 0 Å². The first-order valence-electron chi connectivity index (χ1n) is 7.97. The van der Waals surface area contributed by atoms with Gasteiger partial charge in [-0.05, 0) is 51.1 Å². The summed E-state index contributed by atoms with van der Waals surface area (Å²) < 4.78 is 0. The predicted octanol–water partition coefficient (Wildman–Crippen LogP) is 4.25. The second kappa shape index (κ2) is 7.83. The van der Waals surface area contributed by atoms with Crippen LogP contribution in [0.25, 0.3) is 10.6 Å². The summed E-state index contributed by atoms with van der Waals surface area (Å²) in [6.45, 7) is 5.68. The summed E-state index contributed by atoms with van der Waals surface area (Å²) in [4.78, 5) is 19.9. The normalized spacial score (nSPS) is 15.0. The first-order valence-corrected chi connectivity index (χ1v) is 9.54. The van der Waals surface area contributed by atoms with Crippen molar-refractivity contribution in [2.24, 2.45) is 0 Å². The first-order chi connectivity index (χ1) is 11.5. The van der Waals surface area contributed by atoms with E-state index in [1.807, 2.05) is 6.92 Å². The number of carbonyl (C=O) groups excluding carboxylic acids is 1. The van der Waals surface area contributed by atoms with Gasteiger partial charge in [0.1, 0.15) is 9.88 Å². The van der Waals surface area contributed by atoms with Gasteiger partial charge >= 0.3 is 0 Å². The van der Waals surface area contributed by atoms with E-state index in [4.69, 9.17) is 23.2 Å². The maximum absolute atomic E-state index is 12.4. The second-order valence-corrected chi connectivity index (χ2v) is 7.77. The lowest BCUT2D eigenvalue weighted by atomic mass is 10.2. The minimum absolute atomic E-state index is 0.0661. The van der Waals surface area contributed by atoms with E-state index in [1.54, 1.807) is 18.2 Å². The van der Waals surface area contributed by atoms with Crippen molar-refractivity contribution in [3.05, 3.63) is 38.8 Å². The molecular formula is C17H19Cl2N3OS. The van der Waals surface area contributed by atoms with Crippen molar-refractivity contribution in [1.29, 1.82) is 0 Å². The largest absolute Gasteiger partial charge is 0.350 e. The van der Waals surface area contributed by atoms with Crippen LogP contribution < -0.4 is 5.32 Å². The van der Waals surface area contributed by atoms with Gasteiger partial charge in [-0.2, -0.15) is 0 Å². The predicted molar refractivity (Wildman–Crippen MR) is 100 cm³/mol. The zero-order chi connectivity index (χ0) is 17.1. The molecule has 0 aliphatic carbocycles. The molecular weight excluding hydrogens is 365 g/mol. The SMILES string of the molecule is Cc1nc(-c2cc(Cl)cc(Cl)c2)sc1C(=O)NCCN1CCCC1. The number of likely N-dealkylation sites (tertiary alicyclic amines) is 1.